The Hall–Kier alpha value is -2.56. The highest BCUT2D eigenvalue weighted by Crippen LogP contribution is 2.49. The van der Waals surface area contributed by atoms with Crippen molar-refractivity contribution in [3.8, 4) is 11.5 Å². The summed E-state index contributed by atoms with van der Waals surface area (Å²) in [6, 6.07) is 10.8. The molecule has 2 atom stereocenters. The molecule has 1 fully saturated rings. The number of ether oxygens (including phenoxy) is 2. The SMILES string of the molecule is CCOc1cc2c(cc1OCC)CN(C(=O)C1CC1c1ccccc1F)CC2. The summed E-state index contributed by atoms with van der Waals surface area (Å²) >= 11 is 0. The maximum Gasteiger partial charge on any atom is 0.226 e. The Kier molecular flexibility index (Phi) is 5.25. The lowest BCUT2D eigenvalue weighted by molar-refractivity contribution is -0.133. The summed E-state index contributed by atoms with van der Waals surface area (Å²) in [6.07, 6.45) is 1.53. The van der Waals surface area contributed by atoms with E-state index in [9.17, 15) is 9.18 Å². The summed E-state index contributed by atoms with van der Waals surface area (Å²) in [5, 5.41) is 0. The van der Waals surface area contributed by atoms with Crippen LogP contribution in [0.1, 0.15) is 42.9 Å². The van der Waals surface area contributed by atoms with Crippen molar-refractivity contribution in [1.82, 2.24) is 4.90 Å². The number of benzene rings is 2. The van der Waals surface area contributed by atoms with Gasteiger partial charge in [-0.3, -0.25) is 4.79 Å². The molecule has 4 rings (SSSR count). The van der Waals surface area contributed by atoms with Gasteiger partial charge in [-0.1, -0.05) is 18.2 Å². The lowest BCUT2D eigenvalue weighted by Crippen LogP contribution is -2.37. The summed E-state index contributed by atoms with van der Waals surface area (Å²) in [4.78, 5) is 14.9. The minimum absolute atomic E-state index is 0.00872. The molecule has 148 valence electrons. The highest BCUT2D eigenvalue weighted by Gasteiger charge is 2.47. The zero-order valence-corrected chi connectivity index (χ0v) is 16.4. The van der Waals surface area contributed by atoms with E-state index < -0.39 is 0 Å². The fraction of sp³-hybridized carbons (Fsp3) is 0.435. The second-order valence-electron chi connectivity index (χ2n) is 7.41. The number of rotatable bonds is 6. The van der Waals surface area contributed by atoms with E-state index in [4.69, 9.17) is 9.47 Å². The smallest absolute Gasteiger partial charge is 0.226 e. The Morgan fingerprint density at radius 3 is 2.46 bits per heavy atom. The first-order valence-electron chi connectivity index (χ1n) is 10.1. The van der Waals surface area contributed by atoms with E-state index >= 15 is 0 Å². The molecule has 2 unspecified atom stereocenters. The molecule has 0 N–H and O–H groups in total. The van der Waals surface area contributed by atoms with E-state index in [1.165, 1.54) is 11.6 Å². The summed E-state index contributed by atoms with van der Waals surface area (Å²) < 4.78 is 25.5. The van der Waals surface area contributed by atoms with E-state index in [0.717, 1.165) is 29.9 Å². The van der Waals surface area contributed by atoms with Gasteiger partial charge in [-0.15, -0.1) is 0 Å². The largest absolute Gasteiger partial charge is 0.490 e. The van der Waals surface area contributed by atoms with E-state index in [1.54, 1.807) is 12.1 Å². The van der Waals surface area contributed by atoms with Crippen molar-refractivity contribution in [2.75, 3.05) is 19.8 Å². The Morgan fingerprint density at radius 1 is 1.11 bits per heavy atom. The second-order valence-corrected chi connectivity index (χ2v) is 7.41. The van der Waals surface area contributed by atoms with Crippen LogP contribution in [0.3, 0.4) is 0 Å². The van der Waals surface area contributed by atoms with Crippen molar-refractivity contribution in [3.05, 3.63) is 58.9 Å². The molecule has 28 heavy (non-hydrogen) atoms. The highest BCUT2D eigenvalue weighted by atomic mass is 19.1. The van der Waals surface area contributed by atoms with Gasteiger partial charge in [0.25, 0.3) is 0 Å². The van der Waals surface area contributed by atoms with E-state index in [2.05, 4.69) is 0 Å². The molecule has 1 aliphatic heterocycles. The Bertz CT molecular complexity index is 882. The Morgan fingerprint density at radius 2 is 1.79 bits per heavy atom. The average Bonchev–Trinajstić information content (AvgIpc) is 3.49. The van der Waals surface area contributed by atoms with Gasteiger partial charge in [-0.05, 0) is 67.5 Å². The van der Waals surface area contributed by atoms with Crippen molar-refractivity contribution < 1.29 is 18.7 Å². The molecule has 0 saturated heterocycles. The molecule has 1 amide bonds. The fourth-order valence-corrected chi connectivity index (χ4v) is 4.11. The molecule has 1 saturated carbocycles. The number of hydrogen-bond donors (Lipinski definition) is 0. The van der Waals surface area contributed by atoms with Crippen molar-refractivity contribution in [1.29, 1.82) is 0 Å². The average molecular weight is 383 g/mol. The zero-order chi connectivity index (χ0) is 19.7. The summed E-state index contributed by atoms with van der Waals surface area (Å²) in [5.41, 5.74) is 2.98. The number of carbonyl (C=O) groups is 1. The molecule has 4 nitrogen and oxygen atoms in total. The quantitative estimate of drug-likeness (QED) is 0.746. The minimum atomic E-state index is -0.211. The normalized spacial score (nSPS) is 20.5. The van der Waals surface area contributed by atoms with Crippen LogP contribution in [-0.2, 0) is 17.8 Å². The molecule has 1 heterocycles. The number of nitrogens with zero attached hydrogens (tertiary/aromatic N) is 1. The predicted molar refractivity (Wildman–Crippen MR) is 105 cm³/mol. The van der Waals surface area contributed by atoms with Gasteiger partial charge in [0.15, 0.2) is 11.5 Å². The number of halogens is 1. The molecule has 1 aliphatic carbocycles. The monoisotopic (exact) mass is 383 g/mol. The van der Waals surface area contributed by atoms with Crippen LogP contribution < -0.4 is 9.47 Å². The van der Waals surface area contributed by atoms with E-state index in [-0.39, 0.29) is 23.6 Å². The van der Waals surface area contributed by atoms with Crippen LogP contribution in [0.15, 0.2) is 36.4 Å². The topological polar surface area (TPSA) is 38.8 Å². The van der Waals surface area contributed by atoms with Crippen molar-refractivity contribution in [3.63, 3.8) is 0 Å². The molecular formula is C23H26FNO3. The first kappa shape index (κ1) is 18.8. The lowest BCUT2D eigenvalue weighted by atomic mass is 9.98. The molecule has 0 bridgehead atoms. The third kappa shape index (κ3) is 3.58. The third-order valence-corrected chi connectivity index (χ3v) is 5.60. The number of hydrogen-bond acceptors (Lipinski definition) is 3. The highest BCUT2D eigenvalue weighted by molar-refractivity contribution is 5.83. The maximum atomic E-state index is 14.0. The number of amides is 1. The first-order valence-corrected chi connectivity index (χ1v) is 10.1. The molecule has 5 heteroatoms. The summed E-state index contributed by atoms with van der Waals surface area (Å²) in [5.74, 6) is 1.32. The van der Waals surface area contributed by atoms with Crippen LogP contribution >= 0.6 is 0 Å². The van der Waals surface area contributed by atoms with Gasteiger partial charge < -0.3 is 14.4 Å². The van der Waals surface area contributed by atoms with Gasteiger partial charge in [-0.2, -0.15) is 0 Å². The standard InChI is InChI=1S/C23H26FNO3/c1-3-27-21-11-15-9-10-25(14-16(15)12-22(21)28-4-2)23(26)19-13-18(19)17-7-5-6-8-20(17)24/h5-8,11-12,18-19H,3-4,9-10,13-14H2,1-2H3. The maximum absolute atomic E-state index is 14.0. The Labute approximate surface area is 165 Å². The number of carbonyl (C=O) groups excluding carboxylic acids is 1. The molecule has 2 aromatic carbocycles. The van der Waals surface area contributed by atoms with E-state index in [1.807, 2.05) is 36.9 Å². The minimum Gasteiger partial charge on any atom is -0.490 e. The van der Waals surface area contributed by atoms with Crippen LogP contribution in [0.5, 0.6) is 11.5 Å². The van der Waals surface area contributed by atoms with Crippen molar-refractivity contribution in [2.24, 2.45) is 5.92 Å². The fourth-order valence-electron chi connectivity index (χ4n) is 4.11. The molecule has 2 aromatic rings. The summed E-state index contributed by atoms with van der Waals surface area (Å²) in [6.45, 7) is 6.31. The van der Waals surface area contributed by atoms with Crippen LogP contribution in [-0.4, -0.2) is 30.6 Å². The zero-order valence-electron chi connectivity index (χ0n) is 16.4. The van der Waals surface area contributed by atoms with E-state index in [0.29, 0.717) is 31.9 Å². The number of fused-ring (bicyclic) bond motifs is 1. The van der Waals surface area contributed by atoms with Gasteiger partial charge in [-0.25, -0.2) is 4.39 Å². The van der Waals surface area contributed by atoms with Crippen LogP contribution in [0.25, 0.3) is 0 Å². The third-order valence-electron chi connectivity index (χ3n) is 5.60. The second kappa shape index (κ2) is 7.82. The molecule has 0 aromatic heterocycles. The molecule has 2 aliphatic rings. The van der Waals surface area contributed by atoms with Crippen LogP contribution in [0.4, 0.5) is 4.39 Å². The van der Waals surface area contributed by atoms with Crippen LogP contribution in [0.2, 0.25) is 0 Å². The van der Waals surface area contributed by atoms with Crippen molar-refractivity contribution >= 4 is 5.91 Å². The Balaban J connectivity index is 1.49. The van der Waals surface area contributed by atoms with Gasteiger partial charge >= 0.3 is 0 Å². The summed E-state index contributed by atoms with van der Waals surface area (Å²) in [7, 11) is 0. The van der Waals surface area contributed by atoms with Gasteiger partial charge in [0.1, 0.15) is 5.82 Å². The van der Waals surface area contributed by atoms with Gasteiger partial charge in [0.05, 0.1) is 13.2 Å². The molecular weight excluding hydrogens is 357 g/mol. The van der Waals surface area contributed by atoms with Crippen molar-refractivity contribution in [2.45, 2.75) is 39.2 Å². The van der Waals surface area contributed by atoms with Gasteiger partial charge in [0, 0.05) is 19.0 Å². The predicted octanol–water partition coefficient (Wildman–Crippen LogP) is 4.31. The molecule has 0 spiro atoms. The molecule has 0 radical (unpaired) electrons. The van der Waals surface area contributed by atoms with Gasteiger partial charge in [0.2, 0.25) is 5.91 Å². The first-order chi connectivity index (χ1) is 13.6. The lowest BCUT2D eigenvalue weighted by Gasteiger charge is -2.30. The van der Waals surface area contributed by atoms with Crippen LogP contribution in [0, 0.1) is 11.7 Å².